The van der Waals surface area contributed by atoms with Gasteiger partial charge in [-0.15, -0.1) is 0 Å². The van der Waals surface area contributed by atoms with Crippen molar-refractivity contribution in [2.24, 2.45) is 0 Å². The molecule has 0 saturated heterocycles. The van der Waals surface area contributed by atoms with Gasteiger partial charge in [-0.05, 0) is 35.9 Å². The molecule has 0 aliphatic heterocycles. The number of carbonyl (C=O) groups excluding carboxylic acids is 2. The largest absolute Gasteiger partial charge is 0.345 e. The van der Waals surface area contributed by atoms with Gasteiger partial charge in [0.05, 0.1) is 17.1 Å². The van der Waals surface area contributed by atoms with Crippen LogP contribution in [0.15, 0.2) is 42.5 Å². The van der Waals surface area contributed by atoms with E-state index in [0.717, 1.165) is 0 Å². The Balaban J connectivity index is 2.12. The lowest BCUT2D eigenvalue weighted by molar-refractivity contribution is -0.115. The third kappa shape index (κ3) is 4.53. The molecule has 0 heterocycles. The molecule has 1 N–H and O–H groups in total. The zero-order valence-corrected chi connectivity index (χ0v) is 13.5. The van der Waals surface area contributed by atoms with Gasteiger partial charge in [0.1, 0.15) is 5.82 Å². The minimum atomic E-state index is -0.355. The third-order valence-corrected chi connectivity index (χ3v) is 3.50. The lowest BCUT2D eigenvalue weighted by Crippen LogP contribution is -2.22. The third-order valence-electron chi connectivity index (χ3n) is 3.17. The van der Waals surface area contributed by atoms with Crippen molar-refractivity contribution >= 4 is 29.1 Å². The van der Waals surface area contributed by atoms with Crippen molar-refractivity contribution in [2.75, 3.05) is 19.4 Å². The summed E-state index contributed by atoms with van der Waals surface area (Å²) in [5.41, 5.74) is 1.48. The number of anilines is 1. The predicted octanol–water partition coefficient (Wildman–Crippen LogP) is 3.36. The van der Waals surface area contributed by atoms with E-state index in [-0.39, 0.29) is 24.1 Å². The number of benzene rings is 2. The van der Waals surface area contributed by atoms with Gasteiger partial charge in [0.15, 0.2) is 0 Å². The molecule has 0 radical (unpaired) electrons. The highest BCUT2D eigenvalue weighted by Crippen LogP contribution is 2.24. The Morgan fingerprint density at radius 2 is 1.78 bits per heavy atom. The normalized spacial score (nSPS) is 10.3. The van der Waals surface area contributed by atoms with E-state index in [1.165, 1.54) is 23.1 Å². The molecule has 2 rings (SSSR count). The van der Waals surface area contributed by atoms with E-state index in [9.17, 15) is 14.0 Å². The number of halogens is 2. The smallest absolute Gasteiger partial charge is 0.253 e. The molecule has 120 valence electrons. The van der Waals surface area contributed by atoms with Crippen molar-refractivity contribution in [3.05, 3.63) is 64.4 Å². The van der Waals surface area contributed by atoms with Crippen molar-refractivity contribution in [3.8, 4) is 0 Å². The number of nitrogens with one attached hydrogen (secondary N) is 1. The molecule has 0 spiro atoms. The van der Waals surface area contributed by atoms with Crippen LogP contribution in [0, 0.1) is 5.82 Å². The van der Waals surface area contributed by atoms with Crippen molar-refractivity contribution < 1.29 is 14.0 Å². The van der Waals surface area contributed by atoms with Gasteiger partial charge in [-0.3, -0.25) is 9.59 Å². The Morgan fingerprint density at radius 1 is 1.13 bits per heavy atom. The van der Waals surface area contributed by atoms with Crippen LogP contribution in [-0.2, 0) is 11.2 Å². The highest BCUT2D eigenvalue weighted by atomic mass is 35.5. The van der Waals surface area contributed by atoms with E-state index in [0.29, 0.717) is 21.8 Å². The van der Waals surface area contributed by atoms with Crippen LogP contribution >= 0.6 is 11.6 Å². The Labute approximate surface area is 138 Å². The Morgan fingerprint density at radius 3 is 2.39 bits per heavy atom. The summed E-state index contributed by atoms with van der Waals surface area (Å²) in [7, 11) is 3.29. The Hall–Kier alpha value is -2.40. The maximum atomic E-state index is 12.9. The lowest BCUT2D eigenvalue weighted by Gasteiger charge is -2.13. The average molecular weight is 335 g/mol. The minimum absolute atomic E-state index is 0.0858. The highest BCUT2D eigenvalue weighted by Gasteiger charge is 2.12. The SMILES string of the molecule is CN(C)C(=O)c1ccc(Cl)c(NC(=O)Cc2ccc(F)cc2)c1. The average Bonchev–Trinajstić information content (AvgIpc) is 2.51. The van der Waals surface area contributed by atoms with Crippen LogP contribution in [0.3, 0.4) is 0 Å². The van der Waals surface area contributed by atoms with Crippen molar-refractivity contribution in [1.29, 1.82) is 0 Å². The molecule has 0 unspecified atom stereocenters. The fourth-order valence-electron chi connectivity index (χ4n) is 1.99. The van der Waals surface area contributed by atoms with Crippen LogP contribution in [0.2, 0.25) is 5.02 Å². The van der Waals surface area contributed by atoms with E-state index >= 15 is 0 Å². The van der Waals surface area contributed by atoms with E-state index in [2.05, 4.69) is 5.32 Å². The number of nitrogens with zero attached hydrogens (tertiary/aromatic N) is 1. The van der Waals surface area contributed by atoms with Crippen LogP contribution in [-0.4, -0.2) is 30.8 Å². The quantitative estimate of drug-likeness (QED) is 0.932. The molecule has 2 aromatic carbocycles. The maximum absolute atomic E-state index is 12.9. The lowest BCUT2D eigenvalue weighted by atomic mass is 10.1. The van der Waals surface area contributed by atoms with Crippen molar-refractivity contribution in [3.63, 3.8) is 0 Å². The minimum Gasteiger partial charge on any atom is -0.345 e. The molecule has 2 aromatic rings. The van der Waals surface area contributed by atoms with E-state index in [1.807, 2.05) is 0 Å². The van der Waals surface area contributed by atoms with E-state index in [4.69, 9.17) is 11.6 Å². The van der Waals surface area contributed by atoms with E-state index in [1.54, 1.807) is 38.4 Å². The molecule has 2 amide bonds. The second-order valence-corrected chi connectivity index (χ2v) is 5.65. The number of hydrogen-bond acceptors (Lipinski definition) is 2. The molecule has 23 heavy (non-hydrogen) atoms. The molecule has 0 bridgehead atoms. The molecule has 0 aromatic heterocycles. The van der Waals surface area contributed by atoms with Crippen LogP contribution < -0.4 is 5.32 Å². The standard InChI is InChI=1S/C17H16ClFN2O2/c1-21(2)17(23)12-5-8-14(18)15(10-12)20-16(22)9-11-3-6-13(19)7-4-11/h3-8,10H,9H2,1-2H3,(H,20,22). The number of rotatable bonds is 4. The first-order valence-corrected chi connectivity index (χ1v) is 7.30. The molecule has 0 atom stereocenters. The fourth-order valence-corrected chi connectivity index (χ4v) is 2.16. The summed E-state index contributed by atoms with van der Waals surface area (Å²) in [6.45, 7) is 0. The first-order chi connectivity index (χ1) is 10.9. The van der Waals surface area contributed by atoms with Crippen LogP contribution in [0.25, 0.3) is 0 Å². The van der Waals surface area contributed by atoms with Crippen LogP contribution in [0.5, 0.6) is 0 Å². The summed E-state index contributed by atoms with van der Waals surface area (Å²) < 4.78 is 12.9. The summed E-state index contributed by atoms with van der Waals surface area (Å²) >= 11 is 6.06. The van der Waals surface area contributed by atoms with E-state index < -0.39 is 0 Å². The maximum Gasteiger partial charge on any atom is 0.253 e. The molecular weight excluding hydrogens is 319 g/mol. The predicted molar refractivity (Wildman–Crippen MR) is 88.2 cm³/mol. The Bertz CT molecular complexity index is 730. The number of carbonyl (C=O) groups is 2. The zero-order chi connectivity index (χ0) is 17.0. The molecular formula is C17H16ClFN2O2. The summed E-state index contributed by atoms with van der Waals surface area (Å²) in [6, 6.07) is 10.4. The van der Waals surface area contributed by atoms with Gasteiger partial charge in [0.25, 0.3) is 5.91 Å². The molecule has 6 heteroatoms. The summed E-state index contributed by atoms with van der Waals surface area (Å²) in [5.74, 6) is -0.837. The number of amides is 2. The van der Waals surface area contributed by atoms with Crippen molar-refractivity contribution in [1.82, 2.24) is 4.90 Å². The highest BCUT2D eigenvalue weighted by molar-refractivity contribution is 6.33. The summed E-state index contributed by atoms with van der Waals surface area (Å²) in [6.07, 6.45) is 0.0858. The van der Waals surface area contributed by atoms with Gasteiger partial charge < -0.3 is 10.2 Å². The zero-order valence-electron chi connectivity index (χ0n) is 12.8. The number of hydrogen-bond donors (Lipinski definition) is 1. The summed E-state index contributed by atoms with van der Waals surface area (Å²) in [5, 5.41) is 3.01. The Kier molecular flexibility index (Phi) is 5.34. The van der Waals surface area contributed by atoms with Gasteiger partial charge in [-0.1, -0.05) is 23.7 Å². The molecule has 0 saturated carbocycles. The molecule has 4 nitrogen and oxygen atoms in total. The second kappa shape index (κ2) is 7.24. The summed E-state index contributed by atoms with van der Waals surface area (Å²) in [4.78, 5) is 25.5. The topological polar surface area (TPSA) is 49.4 Å². The fraction of sp³-hybridized carbons (Fsp3) is 0.176. The first kappa shape index (κ1) is 17.0. The molecule has 0 aliphatic carbocycles. The van der Waals surface area contributed by atoms with Gasteiger partial charge in [0.2, 0.25) is 5.91 Å². The van der Waals surface area contributed by atoms with Crippen LogP contribution in [0.4, 0.5) is 10.1 Å². The molecule has 0 fully saturated rings. The second-order valence-electron chi connectivity index (χ2n) is 5.25. The van der Waals surface area contributed by atoms with Gasteiger partial charge >= 0.3 is 0 Å². The van der Waals surface area contributed by atoms with Gasteiger partial charge in [0, 0.05) is 19.7 Å². The van der Waals surface area contributed by atoms with Gasteiger partial charge in [-0.2, -0.15) is 0 Å². The van der Waals surface area contributed by atoms with Crippen LogP contribution in [0.1, 0.15) is 15.9 Å². The monoisotopic (exact) mass is 334 g/mol. The first-order valence-electron chi connectivity index (χ1n) is 6.92. The van der Waals surface area contributed by atoms with Crippen molar-refractivity contribution in [2.45, 2.75) is 6.42 Å². The van der Waals surface area contributed by atoms with Gasteiger partial charge in [-0.25, -0.2) is 4.39 Å². The molecule has 0 aliphatic rings.